The molecule has 0 amide bonds. The average molecular weight is 250 g/mol. The molecule has 1 saturated carbocycles. The van der Waals surface area contributed by atoms with Gasteiger partial charge in [-0.1, -0.05) is 19.1 Å². The van der Waals surface area contributed by atoms with Crippen LogP contribution in [0.4, 0.5) is 0 Å². The summed E-state index contributed by atoms with van der Waals surface area (Å²) in [6.45, 7) is 2.99. The molecule has 0 bridgehead atoms. The molecule has 4 heteroatoms. The topological polar surface area (TPSA) is 55.8 Å². The summed E-state index contributed by atoms with van der Waals surface area (Å²) in [6.07, 6.45) is 0. The van der Waals surface area contributed by atoms with Crippen LogP contribution in [-0.2, 0) is 16.1 Å². The maximum absolute atomic E-state index is 10.8. The molecule has 0 spiro atoms. The van der Waals surface area contributed by atoms with Crippen LogP contribution in [0.25, 0.3) is 0 Å². The van der Waals surface area contributed by atoms with E-state index in [-0.39, 0.29) is 17.8 Å². The molecule has 98 valence electrons. The molecular weight excluding hydrogens is 232 g/mol. The van der Waals surface area contributed by atoms with Crippen LogP contribution in [0.15, 0.2) is 24.3 Å². The summed E-state index contributed by atoms with van der Waals surface area (Å²) in [5.41, 5.74) is 1.07. The molecule has 3 atom stereocenters. The van der Waals surface area contributed by atoms with E-state index < -0.39 is 5.97 Å². The minimum absolute atomic E-state index is 0.167. The molecule has 1 aliphatic rings. The Kier molecular flexibility index (Phi) is 3.87. The zero-order chi connectivity index (χ0) is 13.1. The first-order valence-corrected chi connectivity index (χ1v) is 6.07. The molecule has 0 heterocycles. The van der Waals surface area contributed by atoms with Gasteiger partial charge in [0.1, 0.15) is 5.75 Å². The summed E-state index contributed by atoms with van der Waals surface area (Å²) < 4.78 is 10.6. The largest absolute Gasteiger partial charge is 0.497 e. The van der Waals surface area contributed by atoms with Crippen LogP contribution in [0.5, 0.6) is 5.75 Å². The predicted octanol–water partition coefficient (Wildman–Crippen LogP) is 2.18. The summed E-state index contributed by atoms with van der Waals surface area (Å²) in [6, 6.07) is 7.67. The van der Waals surface area contributed by atoms with Gasteiger partial charge in [-0.05, 0) is 29.5 Å². The second kappa shape index (κ2) is 5.40. The van der Waals surface area contributed by atoms with E-state index in [9.17, 15) is 4.79 Å². The van der Waals surface area contributed by atoms with E-state index in [4.69, 9.17) is 14.6 Å². The van der Waals surface area contributed by atoms with Gasteiger partial charge in [0.05, 0.1) is 26.2 Å². The lowest BCUT2D eigenvalue weighted by Gasteiger charge is -2.05. The fourth-order valence-electron chi connectivity index (χ4n) is 2.24. The summed E-state index contributed by atoms with van der Waals surface area (Å²) in [7, 11) is 1.63. The number of carboxylic acids is 1. The lowest BCUT2D eigenvalue weighted by atomic mass is 10.2. The van der Waals surface area contributed by atoms with E-state index in [1.54, 1.807) is 7.11 Å². The molecule has 1 aromatic rings. The monoisotopic (exact) mass is 250 g/mol. The Labute approximate surface area is 107 Å². The van der Waals surface area contributed by atoms with Gasteiger partial charge in [0.15, 0.2) is 0 Å². The Morgan fingerprint density at radius 3 is 2.50 bits per heavy atom. The Bertz CT molecular complexity index is 412. The van der Waals surface area contributed by atoms with Crippen LogP contribution in [0.2, 0.25) is 0 Å². The van der Waals surface area contributed by atoms with Crippen LogP contribution in [0, 0.1) is 17.8 Å². The molecule has 1 N–H and O–H groups in total. The molecule has 1 aromatic carbocycles. The number of hydrogen-bond acceptors (Lipinski definition) is 3. The number of benzene rings is 1. The maximum Gasteiger partial charge on any atom is 0.307 e. The van der Waals surface area contributed by atoms with Crippen LogP contribution in [-0.4, -0.2) is 24.8 Å². The second-order valence-electron chi connectivity index (χ2n) is 4.75. The Hall–Kier alpha value is -1.55. The highest BCUT2D eigenvalue weighted by molar-refractivity contribution is 5.74. The molecule has 0 aromatic heterocycles. The number of carbonyl (C=O) groups is 1. The number of methoxy groups -OCH3 is 1. The van der Waals surface area contributed by atoms with E-state index in [1.807, 2.05) is 31.2 Å². The van der Waals surface area contributed by atoms with Crippen molar-refractivity contribution in [1.82, 2.24) is 0 Å². The van der Waals surface area contributed by atoms with Crippen molar-refractivity contribution in [3.8, 4) is 5.75 Å². The van der Waals surface area contributed by atoms with Crippen molar-refractivity contribution in [2.75, 3.05) is 13.7 Å². The third-order valence-corrected chi connectivity index (χ3v) is 3.59. The van der Waals surface area contributed by atoms with Crippen molar-refractivity contribution < 1.29 is 19.4 Å². The van der Waals surface area contributed by atoms with Crippen molar-refractivity contribution in [2.45, 2.75) is 13.5 Å². The number of hydrogen-bond donors (Lipinski definition) is 1. The summed E-state index contributed by atoms with van der Waals surface area (Å²) >= 11 is 0. The van der Waals surface area contributed by atoms with Gasteiger partial charge in [-0.15, -0.1) is 0 Å². The molecule has 4 nitrogen and oxygen atoms in total. The van der Waals surface area contributed by atoms with Crippen LogP contribution in [0.1, 0.15) is 12.5 Å². The van der Waals surface area contributed by atoms with Crippen molar-refractivity contribution in [1.29, 1.82) is 0 Å². The fourth-order valence-corrected chi connectivity index (χ4v) is 2.24. The Balaban J connectivity index is 1.74. The van der Waals surface area contributed by atoms with Crippen LogP contribution >= 0.6 is 0 Å². The van der Waals surface area contributed by atoms with E-state index in [1.165, 1.54) is 0 Å². The minimum Gasteiger partial charge on any atom is -0.497 e. The van der Waals surface area contributed by atoms with E-state index in [0.29, 0.717) is 13.2 Å². The van der Waals surface area contributed by atoms with E-state index in [0.717, 1.165) is 11.3 Å². The van der Waals surface area contributed by atoms with Crippen LogP contribution < -0.4 is 4.74 Å². The fraction of sp³-hybridized carbons (Fsp3) is 0.500. The molecule has 3 unspecified atom stereocenters. The van der Waals surface area contributed by atoms with Crippen molar-refractivity contribution in [3.63, 3.8) is 0 Å². The number of rotatable bonds is 6. The summed E-state index contributed by atoms with van der Waals surface area (Å²) in [4.78, 5) is 10.8. The molecule has 1 aliphatic carbocycles. The average Bonchev–Trinajstić information content (AvgIpc) is 3.01. The van der Waals surface area contributed by atoms with Gasteiger partial charge in [0, 0.05) is 0 Å². The van der Waals surface area contributed by atoms with Gasteiger partial charge < -0.3 is 14.6 Å². The standard InChI is InChI=1S/C14H18O4/c1-9-12(13(9)14(15)16)8-18-7-10-3-5-11(17-2)6-4-10/h3-6,9,12-13H,7-8H2,1-2H3,(H,15,16). The predicted molar refractivity (Wildman–Crippen MR) is 66.4 cm³/mol. The number of carboxylic acid groups (broad SMARTS) is 1. The molecule has 1 fully saturated rings. The number of ether oxygens (including phenoxy) is 2. The highest BCUT2D eigenvalue weighted by atomic mass is 16.5. The second-order valence-corrected chi connectivity index (χ2v) is 4.75. The van der Waals surface area contributed by atoms with Crippen molar-refractivity contribution in [3.05, 3.63) is 29.8 Å². The van der Waals surface area contributed by atoms with E-state index in [2.05, 4.69) is 0 Å². The van der Waals surface area contributed by atoms with E-state index >= 15 is 0 Å². The van der Waals surface area contributed by atoms with Gasteiger partial charge in [-0.3, -0.25) is 4.79 Å². The molecular formula is C14H18O4. The smallest absolute Gasteiger partial charge is 0.307 e. The van der Waals surface area contributed by atoms with Gasteiger partial charge in [0.2, 0.25) is 0 Å². The summed E-state index contributed by atoms with van der Waals surface area (Å²) in [5, 5.41) is 8.90. The van der Waals surface area contributed by atoms with Gasteiger partial charge >= 0.3 is 5.97 Å². The lowest BCUT2D eigenvalue weighted by Crippen LogP contribution is -2.04. The first-order valence-electron chi connectivity index (χ1n) is 6.07. The zero-order valence-electron chi connectivity index (χ0n) is 10.6. The van der Waals surface area contributed by atoms with Crippen molar-refractivity contribution in [2.24, 2.45) is 17.8 Å². The highest BCUT2D eigenvalue weighted by Crippen LogP contribution is 2.46. The Morgan fingerprint density at radius 2 is 2.00 bits per heavy atom. The molecule has 0 aliphatic heterocycles. The molecule has 18 heavy (non-hydrogen) atoms. The Morgan fingerprint density at radius 1 is 1.33 bits per heavy atom. The third-order valence-electron chi connectivity index (χ3n) is 3.59. The maximum atomic E-state index is 10.8. The zero-order valence-corrected chi connectivity index (χ0v) is 10.6. The first-order chi connectivity index (χ1) is 8.63. The minimum atomic E-state index is -0.708. The van der Waals surface area contributed by atoms with Crippen molar-refractivity contribution >= 4 is 5.97 Å². The van der Waals surface area contributed by atoms with Gasteiger partial charge in [0.25, 0.3) is 0 Å². The molecule has 0 saturated heterocycles. The SMILES string of the molecule is COc1ccc(COCC2C(C)C2C(=O)O)cc1. The highest BCUT2D eigenvalue weighted by Gasteiger charge is 2.51. The van der Waals surface area contributed by atoms with Gasteiger partial charge in [-0.2, -0.15) is 0 Å². The lowest BCUT2D eigenvalue weighted by molar-refractivity contribution is -0.139. The number of aliphatic carboxylic acids is 1. The molecule has 2 rings (SSSR count). The van der Waals surface area contributed by atoms with Gasteiger partial charge in [-0.25, -0.2) is 0 Å². The third kappa shape index (κ3) is 2.82. The molecule has 0 radical (unpaired) electrons. The normalized spacial score (nSPS) is 25.8. The first kappa shape index (κ1) is 12.9. The van der Waals surface area contributed by atoms with Crippen LogP contribution in [0.3, 0.4) is 0 Å². The quantitative estimate of drug-likeness (QED) is 0.840. The summed E-state index contributed by atoms with van der Waals surface area (Å²) in [5.74, 6) is 0.293.